The van der Waals surface area contributed by atoms with Gasteiger partial charge in [0.15, 0.2) is 11.6 Å². The summed E-state index contributed by atoms with van der Waals surface area (Å²) in [5.74, 6) is 1.67. The van der Waals surface area contributed by atoms with Gasteiger partial charge in [-0.05, 0) is 30.9 Å². The van der Waals surface area contributed by atoms with E-state index in [4.69, 9.17) is 0 Å². The zero-order valence-electron chi connectivity index (χ0n) is 12.1. The number of aromatic nitrogens is 1. The summed E-state index contributed by atoms with van der Waals surface area (Å²) >= 11 is 0. The lowest BCUT2D eigenvalue weighted by atomic mass is 9.95. The van der Waals surface area contributed by atoms with Gasteiger partial charge < -0.3 is 10.2 Å². The molecule has 0 aromatic carbocycles. The summed E-state index contributed by atoms with van der Waals surface area (Å²) in [6.45, 7) is 9.74. The van der Waals surface area contributed by atoms with E-state index in [9.17, 15) is 4.39 Å². The highest BCUT2D eigenvalue weighted by atomic mass is 19.1. The van der Waals surface area contributed by atoms with Gasteiger partial charge in [0.25, 0.3) is 0 Å². The molecule has 0 bridgehead atoms. The van der Waals surface area contributed by atoms with Gasteiger partial charge in [0.1, 0.15) is 0 Å². The molecule has 0 spiro atoms. The second-order valence-corrected chi connectivity index (χ2v) is 5.63. The van der Waals surface area contributed by atoms with Crippen LogP contribution in [0.3, 0.4) is 0 Å². The quantitative estimate of drug-likeness (QED) is 0.887. The van der Waals surface area contributed by atoms with Crippen LogP contribution in [0.5, 0.6) is 0 Å². The van der Waals surface area contributed by atoms with Crippen molar-refractivity contribution < 1.29 is 4.39 Å². The molecule has 1 aromatic heterocycles. The molecule has 106 valence electrons. The van der Waals surface area contributed by atoms with E-state index in [1.807, 2.05) is 6.92 Å². The third-order valence-electron chi connectivity index (χ3n) is 3.98. The van der Waals surface area contributed by atoms with Crippen LogP contribution in [0.4, 0.5) is 10.2 Å². The molecule has 1 saturated heterocycles. The summed E-state index contributed by atoms with van der Waals surface area (Å²) in [6.07, 6.45) is 2.85. The monoisotopic (exact) mass is 265 g/mol. The fraction of sp³-hybridized carbons (Fsp3) is 0.667. The van der Waals surface area contributed by atoms with E-state index in [0.717, 1.165) is 26.1 Å². The number of pyridine rings is 1. The average Bonchev–Trinajstić information content (AvgIpc) is 2.87. The van der Waals surface area contributed by atoms with E-state index < -0.39 is 0 Å². The summed E-state index contributed by atoms with van der Waals surface area (Å²) in [5, 5.41) is 3.16. The molecule has 2 rings (SSSR count). The Morgan fingerprint density at radius 3 is 2.95 bits per heavy atom. The molecule has 1 fully saturated rings. The zero-order chi connectivity index (χ0) is 13.8. The van der Waals surface area contributed by atoms with E-state index in [0.29, 0.717) is 29.8 Å². The van der Waals surface area contributed by atoms with Crippen molar-refractivity contribution in [2.75, 3.05) is 24.5 Å². The first-order valence-electron chi connectivity index (χ1n) is 7.22. The van der Waals surface area contributed by atoms with Crippen molar-refractivity contribution in [3.63, 3.8) is 0 Å². The second-order valence-electron chi connectivity index (χ2n) is 5.63. The highest BCUT2D eigenvalue weighted by Crippen LogP contribution is 2.29. The van der Waals surface area contributed by atoms with Gasteiger partial charge in [0.2, 0.25) is 0 Å². The van der Waals surface area contributed by atoms with Crippen LogP contribution in [0.25, 0.3) is 0 Å². The van der Waals surface area contributed by atoms with E-state index in [1.54, 1.807) is 12.3 Å². The minimum absolute atomic E-state index is 0.159. The zero-order valence-corrected chi connectivity index (χ0v) is 12.1. The van der Waals surface area contributed by atoms with Crippen LogP contribution in [0.2, 0.25) is 0 Å². The molecule has 1 aliphatic rings. The molecule has 1 unspecified atom stereocenters. The number of nitrogens with zero attached hydrogens (tertiary/aromatic N) is 2. The lowest BCUT2D eigenvalue weighted by Crippen LogP contribution is -2.24. The SMILES string of the molecule is CCNCc1ccnc(N2CCC(C(C)C)C2)c1F. The van der Waals surface area contributed by atoms with Crippen LogP contribution in [0.15, 0.2) is 12.3 Å². The van der Waals surface area contributed by atoms with Gasteiger partial charge in [-0.15, -0.1) is 0 Å². The van der Waals surface area contributed by atoms with Gasteiger partial charge in [-0.1, -0.05) is 20.8 Å². The summed E-state index contributed by atoms with van der Waals surface area (Å²) in [7, 11) is 0. The first-order valence-corrected chi connectivity index (χ1v) is 7.22. The first kappa shape index (κ1) is 14.3. The molecule has 0 radical (unpaired) electrons. The Balaban J connectivity index is 2.12. The summed E-state index contributed by atoms with van der Waals surface area (Å²) < 4.78 is 14.4. The number of halogens is 1. The van der Waals surface area contributed by atoms with Crippen molar-refractivity contribution in [3.05, 3.63) is 23.6 Å². The Kier molecular flexibility index (Phi) is 4.75. The molecular weight excluding hydrogens is 241 g/mol. The Morgan fingerprint density at radius 1 is 1.53 bits per heavy atom. The molecule has 19 heavy (non-hydrogen) atoms. The lowest BCUT2D eigenvalue weighted by molar-refractivity contribution is 0.422. The number of anilines is 1. The minimum atomic E-state index is -0.159. The molecule has 0 saturated carbocycles. The number of hydrogen-bond donors (Lipinski definition) is 1. The maximum absolute atomic E-state index is 14.4. The maximum atomic E-state index is 14.4. The van der Waals surface area contributed by atoms with Crippen LogP contribution >= 0.6 is 0 Å². The standard InChI is InChI=1S/C15H24FN3/c1-4-17-9-12-5-7-18-15(14(12)16)19-8-6-13(10-19)11(2)3/h5,7,11,13,17H,4,6,8-10H2,1-3H3. The maximum Gasteiger partial charge on any atom is 0.170 e. The largest absolute Gasteiger partial charge is 0.354 e. The van der Waals surface area contributed by atoms with Gasteiger partial charge in [-0.2, -0.15) is 0 Å². The predicted octanol–water partition coefficient (Wildman–Crippen LogP) is 2.81. The third-order valence-corrected chi connectivity index (χ3v) is 3.98. The number of hydrogen-bond acceptors (Lipinski definition) is 3. The third kappa shape index (κ3) is 3.24. The first-order chi connectivity index (χ1) is 9.13. The molecule has 1 atom stereocenters. The van der Waals surface area contributed by atoms with E-state index in [2.05, 4.69) is 29.0 Å². The molecule has 1 N–H and O–H groups in total. The average molecular weight is 265 g/mol. The van der Waals surface area contributed by atoms with Crippen LogP contribution in [0.1, 0.15) is 32.8 Å². The van der Waals surface area contributed by atoms with Crippen molar-refractivity contribution >= 4 is 5.82 Å². The van der Waals surface area contributed by atoms with Gasteiger partial charge in [0.05, 0.1) is 0 Å². The van der Waals surface area contributed by atoms with Crippen LogP contribution < -0.4 is 10.2 Å². The topological polar surface area (TPSA) is 28.2 Å². The van der Waals surface area contributed by atoms with Gasteiger partial charge >= 0.3 is 0 Å². The van der Waals surface area contributed by atoms with Gasteiger partial charge in [0, 0.05) is 31.4 Å². The minimum Gasteiger partial charge on any atom is -0.354 e. The van der Waals surface area contributed by atoms with E-state index in [1.165, 1.54) is 0 Å². The smallest absolute Gasteiger partial charge is 0.170 e. The molecule has 1 aliphatic heterocycles. The van der Waals surface area contributed by atoms with Crippen molar-refractivity contribution in [3.8, 4) is 0 Å². The Bertz CT molecular complexity index is 420. The highest BCUT2D eigenvalue weighted by molar-refractivity contribution is 5.44. The molecule has 3 nitrogen and oxygen atoms in total. The Morgan fingerprint density at radius 2 is 2.32 bits per heavy atom. The summed E-state index contributed by atoms with van der Waals surface area (Å²) in [6, 6.07) is 1.76. The van der Waals surface area contributed by atoms with Crippen molar-refractivity contribution in [1.29, 1.82) is 0 Å². The van der Waals surface area contributed by atoms with Crippen LogP contribution in [-0.2, 0) is 6.54 Å². The van der Waals surface area contributed by atoms with Crippen molar-refractivity contribution in [1.82, 2.24) is 10.3 Å². The van der Waals surface area contributed by atoms with Crippen LogP contribution in [0, 0.1) is 17.7 Å². The van der Waals surface area contributed by atoms with Crippen molar-refractivity contribution in [2.24, 2.45) is 11.8 Å². The Hall–Kier alpha value is -1.16. The fourth-order valence-corrected chi connectivity index (χ4v) is 2.61. The number of nitrogens with one attached hydrogen (secondary N) is 1. The predicted molar refractivity (Wildman–Crippen MR) is 76.7 cm³/mol. The van der Waals surface area contributed by atoms with Gasteiger partial charge in [-0.3, -0.25) is 0 Å². The molecular formula is C15H24FN3. The van der Waals surface area contributed by atoms with Crippen molar-refractivity contribution in [2.45, 2.75) is 33.7 Å². The molecule has 1 aromatic rings. The molecule has 2 heterocycles. The second kappa shape index (κ2) is 6.33. The van der Waals surface area contributed by atoms with E-state index in [-0.39, 0.29) is 5.82 Å². The number of rotatable bonds is 5. The lowest BCUT2D eigenvalue weighted by Gasteiger charge is -2.20. The molecule has 4 heteroatoms. The fourth-order valence-electron chi connectivity index (χ4n) is 2.61. The summed E-state index contributed by atoms with van der Waals surface area (Å²) in [5.41, 5.74) is 0.708. The van der Waals surface area contributed by atoms with E-state index >= 15 is 0 Å². The van der Waals surface area contributed by atoms with Crippen LogP contribution in [-0.4, -0.2) is 24.6 Å². The molecule has 0 amide bonds. The summed E-state index contributed by atoms with van der Waals surface area (Å²) in [4.78, 5) is 6.34. The van der Waals surface area contributed by atoms with Gasteiger partial charge in [-0.25, -0.2) is 9.37 Å². The molecule has 0 aliphatic carbocycles. The highest BCUT2D eigenvalue weighted by Gasteiger charge is 2.27. The normalized spacial score (nSPS) is 19.4. The Labute approximate surface area is 115 Å².